The second kappa shape index (κ2) is 3.99. The number of rotatable bonds is 4. The summed E-state index contributed by atoms with van der Waals surface area (Å²) in [5.41, 5.74) is 1.81. The molecule has 2 aromatic heterocycles. The fourth-order valence-electron chi connectivity index (χ4n) is 1.71. The van der Waals surface area contributed by atoms with Crippen LogP contribution >= 0.6 is 22.7 Å². The van der Waals surface area contributed by atoms with E-state index in [1.165, 1.54) is 28.2 Å². The molecular formula is C13H15NS2. The van der Waals surface area contributed by atoms with Crippen molar-refractivity contribution in [3.8, 4) is 10.4 Å². The molecular weight excluding hydrogens is 234 g/mol. The van der Waals surface area contributed by atoms with Gasteiger partial charge in [0.1, 0.15) is 0 Å². The van der Waals surface area contributed by atoms with Crippen molar-refractivity contribution in [2.75, 3.05) is 0 Å². The first-order valence-corrected chi connectivity index (χ1v) is 7.37. The molecule has 1 saturated carbocycles. The molecule has 0 aromatic carbocycles. The van der Waals surface area contributed by atoms with Crippen molar-refractivity contribution < 1.29 is 0 Å². The van der Waals surface area contributed by atoms with Crippen LogP contribution in [0.1, 0.15) is 24.6 Å². The molecule has 0 amide bonds. The number of nitrogens with one attached hydrogen (secondary N) is 1. The first-order chi connectivity index (χ1) is 7.75. The molecule has 0 radical (unpaired) electrons. The third kappa shape index (κ3) is 2.21. The summed E-state index contributed by atoms with van der Waals surface area (Å²) < 4.78 is 0. The lowest BCUT2D eigenvalue weighted by Crippen LogP contribution is -2.26. The number of hydrogen-bond acceptors (Lipinski definition) is 3. The standard InChI is InChI=1S/C13H15NS2/c1-13(4-5-13)14-8-11-7-10(9-16-11)12-3-2-6-15-12/h2-3,6-7,9,14H,4-5,8H2,1H3. The SMILES string of the molecule is CC1(NCc2cc(-c3cccs3)cs2)CC1. The lowest BCUT2D eigenvalue weighted by molar-refractivity contribution is 0.541. The second-order valence-electron chi connectivity index (χ2n) is 4.69. The molecule has 0 spiro atoms. The highest BCUT2D eigenvalue weighted by atomic mass is 32.1. The van der Waals surface area contributed by atoms with Crippen LogP contribution in [-0.2, 0) is 6.54 Å². The Labute approximate surface area is 104 Å². The zero-order chi connectivity index (χ0) is 11.0. The fourth-order valence-corrected chi connectivity index (χ4v) is 3.32. The van der Waals surface area contributed by atoms with Crippen LogP contribution in [0.25, 0.3) is 10.4 Å². The molecule has 1 aliphatic rings. The molecule has 2 heterocycles. The predicted molar refractivity (Wildman–Crippen MR) is 72.1 cm³/mol. The van der Waals surface area contributed by atoms with E-state index in [-0.39, 0.29) is 0 Å². The Hall–Kier alpha value is -0.640. The van der Waals surface area contributed by atoms with Crippen molar-refractivity contribution in [2.45, 2.75) is 31.8 Å². The van der Waals surface area contributed by atoms with Gasteiger partial charge in [-0.3, -0.25) is 0 Å². The highest BCUT2D eigenvalue weighted by molar-refractivity contribution is 7.14. The first-order valence-electron chi connectivity index (χ1n) is 5.62. The summed E-state index contributed by atoms with van der Waals surface area (Å²) in [4.78, 5) is 2.82. The van der Waals surface area contributed by atoms with Crippen LogP contribution in [0.15, 0.2) is 29.0 Å². The Morgan fingerprint density at radius 3 is 2.94 bits per heavy atom. The monoisotopic (exact) mass is 249 g/mol. The molecule has 1 fully saturated rings. The van der Waals surface area contributed by atoms with Gasteiger partial charge < -0.3 is 5.32 Å². The molecule has 1 nitrogen and oxygen atoms in total. The molecule has 0 bridgehead atoms. The molecule has 0 atom stereocenters. The zero-order valence-electron chi connectivity index (χ0n) is 9.32. The van der Waals surface area contributed by atoms with Gasteiger partial charge in [0.2, 0.25) is 0 Å². The topological polar surface area (TPSA) is 12.0 Å². The Bertz CT molecular complexity index is 466. The summed E-state index contributed by atoms with van der Waals surface area (Å²) in [5, 5.41) is 8.02. The van der Waals surface area contributed by atoms with Gasteiger partial charge >= 0.3 is 0 Å². The summed E-state index contributed by atoms with van der Waals surface area (Å²) in [5.74, 6) is 0. The minimum atomic E-state index is 0.438. The smallest absolute Gasteiger partial charge is 0.0351 e. The summed E-state index contributed by atoms with van der Waals surface area (Å²) in [6.45, 7) is 3.33. The maximum atomic E-state index is 3.62. The van der Waals surface area contributed by atoms with Gasteiger partial charge in [-0.25, -0.2) is 0 Å². The molecule has 2 aromatic rings. The van der Waals surface area contributed by atoms with Crippen LogP contribution < -0.4 is 5.32 Å². The summed E-state index contributed by atoms with van der Waals surface area (Å²) >= 11 is 3.67. The Morgan fingerprint density at radius 2 is 2.25 bits per heavy atom. The van der Waals surface area contributed by atoms with E-state index in [0.717, 1.165) is 6.54 Å². The normalized spacial score (nSPS) is 17.6. The molecule has 1 N–H and O–H groups in total. The summed E-state index contributed by atoms with van der Waals surface area (Å²) in [7, 11) is 0. The van der Waals surface area contributed by atoms with Gasteiger partial charge in [-0.05, 0) is 42.7 Å². The van der Waals surface area contributed by atoms with Gasteiger partial charge in [0.05, 0.1) is 0 Å². The van der Waals surface area contributed by atoms with Crippen LogP contribution in [0.5, 0.6) is 0 Å². The molecule has 16 heavy (non-hydrogen) atoms. The molecule has 0 saturated heterocycles. The summed E-state index contributed by atoms with van der Waals surface area (Å²) in [6.07, 6.45) is 2.66. The van der Waals surface area contributed by atoms with E-state index in [2.05, 4.69) is 41.2 Å². The van der Waals surface area contributed by atoms with Crippen molar-refractivity contribution >= 4 is 22.7 Å². The fraction of sp³-hybridized carbons (Fsp3) is 0.385. The van der Waals surface area contributed by atoms with E-state index >= 15 is 0 Å². The van der Waals surface area contributed by atoms with Gasteiger partial charge in [0.25, 0.3) is 0 Å². The number of hydrogen-bond donors (Lipinski definition) is 1. The van der Waals surface area contributed by atoms with Crippen LogP contribution in [0, 0.1) is 0 Å². The largest absolute Gasteiger partial charge is 0.307 e. The molecule has 84 valence electrons. The molecule has 0 aliphatic heterocycles. The third-order valence-electron chi connectivity index (χ3n) is 3.15. The molecule has 3 heteroatoms. The summed E-state index contributed by atoms with van der Waals surface area (Å²) in [6, 6.07) is 6.61. The molecule has 0 unspecified atom stereocenters. The van der Waals surface area contributed by atoms with E-state index < -0.39 is 0 Å². The molecule has 1 aliphatic carbocycles. The van der Waals surface area contributed by atoms with Crippen LogP contribution in [0.3, 0.4) is 0 Å². The maximum Gasteiger partial charge on any atom is 0.0351 e. The van der Waals surface area contributed by atoms with Gasteiger partial charge in [0, 0.05) is 27.4 Å². The first kappa shape index (κ1) is 10.5. The minimum Gasteiger partial charge on any atom is -0.307 e. The Morgan fingerprint density at radius 1 is 1.38 bits per heavy atom. The molecule has 3 rings (SSSR count). The number of thiophene rings is 2. The van der Waals surface area contributed by atoms with E-state index in [1.807, 2.05) is 22.7 Å². The highest BCUT2D eigenvalue weighted by Crippen LogP contribution is 2.35. The van der Waals surface area contributed by atoms with E-state index in [9.17, 15) is 0 Å². The second-order valence-corrected chi connectivity index (χ2v) is 6.64. The van der Waals surface area contributed by atoms with Gasteiger partial charge in [0.15, 0.2) is 0 Å². The van der Waals surface area contributed by atoms with Gasteiger partial charge in [-0.15, -0.1) is 22.7 Å². The van der Waals surface area contributed by atoms with Crippen molar-refractivity contribution in [1.82, 2.24) is 5.32 Å². The highest BCUT2D eigenvalue weighted by Gasteiger charge is 2.36. The van der Waals surface area contributed by atoms with E-state index in [1.54, 1.807) is 0 Å². The van der Waals surface area contributed by atoms with E-state index in [0.29, 0.717) is 5.54 Å². The quantitative estimate of drug-likeness (QED) is 0.859. The predicted octanol–water partition coefficient (Wildman–Crippen LogP) is 4.12. The van der Waals surface area contributed by atoms with Crippen molar-refractivity contribution in [2.24, 2.45) is 0 Å². The Kier molecular flexibility index (Phi) is 2.62. The van der Waals surface area contributed by atoms with Crippen molar-refractivity contribution in [3.63, 3.8) is 0 Å². The van der Waals surface area contributed by atoms with Crippen LogP contribution in [-0.4, -0.2) is 5.54 Å². The zero-order valence-corrected chi connectivity index (χ0v) is 11.0. The maximum absolute atomic E-state index is 3.62. The van der Waals surface area contributed by atoms with Crippen LogP contribution in [0.4, 0.5) is 0 Å². The lowest BCUT2D eigenvalue weighted by Gasteiger charge is -2.09. The van der Waals surface area contributed by atoms with Gasteiger partial charge in [-0.2, -0.15) is 0 Å². The average molecular weight is 249 g/mol. The van der Waals surface area contributed by atoms with Crippen molar-refractivity contribution in [3.05, 3.63) is 33.8 Å². The lowest BCUT2D eigenvalue weighted by atomic mass is 10.2. The third-order valence-corrected chi connectivity index (χ3v) is 5.00. The van der Waals surface area contributed by atoms with Gasteiger partial charge in [-0.1, -0.05) is 6.07 Å². The van der Waals surface area contributed by atoms with Crippen molar-refractivity contribution in [1.29, 1.82) is 0 Å². The minimum absolute atomic E-state index is 0.438. The van der Waals surface area contributed by atoms with E-state index in [4.69, 9.17) is 0 Å². The Balaban J connectivity index is 1.68. The average Bonchev–Trinajstić information content (AvgIpc) is 2.81. The van der Waals surface area contributed by atoms with Crippen LogP contribution in [0.2, 0.25) is 0 Å².